The van der Waals surface area contributed by atoms with Crippen molar-refractivity contribution < 1.29 is 14.3 Å². The molecule has 4 heterocycles. The van der Waals surface area contributed by atoms with Crippen LogP contribution in [0.3, 0.4) is 0 Å². The zero-order chi connectivity index (χ0) is 23.9. The van der Waals surface area contributed by atoms with E-state index in [0.717, 1.165) is 24.6 Å². The smallest absolute Gasteiger partial charge is 0.237 e. The highest BCUT2D eigenvalue weighted by Crippen LogP contribution is 2.26. The summed E-state index contributed by atoms with van der Waals surface area (Å²) in [6, 6.07) is 3.85. The van der Waals surface area contributed by atoms with E-state index in [1.807, 2.05) is 12.1 Å². The van der Waals surface area contributed by atoms with Crippen molar-refractivity contribution in [2.45, 2.75) is 37.4 Å². The van der Waals surface area contributed by atoms with Crippen molar-refractivity contribution in [2.24, 2.45) is 0 Å². The lowest BCUT2D eigenvalue weighted by atomic mass is 10.0. The average Bonchev–Trinajstić information content (AvgIpc) is 3.28. The van der Waals surface area contributed by atoms with Gasteiger partial charge in [0.1, 0.15) is 5.82 Å². The van der Waals surface area contributed by atoms with Crippen LogP contribution in [0.1, 0.15) is 19.3 Å². The lowest BCUT2D eigenvalue weighted by molar-refractivity contribution is -0.129. The molecule has 3 aliphatic heterocycles. The summed E-state index contributed by atoms with van der Waals surface area (Å²) < 4.78 is 5.39. The first-order chi connectivity index (χ1) is 16.5. The Morgan fingerprint density at radius 1 is 1.35 bits per heavy atom. The number of hydrogen-bond donors (Lipinski definition) is 4. The molecule has 4 N–H and O–H groups in total. The van der Waals surface area contributed by atoms with Crippen molar-refractivity contribution in [2.75, 3.05) is 56.2 Å². The number of carbonyl (C=O) groups is 2. The first-order valence-electron chi connectivity index (χ1n) is 11.6. The number of terminal acetylenes is 1. The third-order valence-electron chi connectivity index (χ3n) is 6.39. The van der Waals surface area contributed by atoms with Crippen LogP contribution in [0.4, 0.5) is 11.5 Å². The van der Waals surface area contributed by atoms with E-state index in [1.165, 1.54) is 0 Å². The number of anilines is 2. The van der Waals surface area contributed by atoms with Crippen LogP contribution in [0.5, 0.6) is 0 Å². The van der Waals surface area contributed by atoms with Crippen molar-refractivity contribution in [3.05, 3.63) is 18.3 Å². The summed E-state index contributed by atoms with van der Waals surface area (Å²) in [5, 5.41) is 12.7. The Bertz CT molecular complexity index is 929. The number of amides is 2. The molecule has 3 saturated heterocycles. The van der Waals surface area contributed by atoms with Crippen LogP contribution in [0.2, 0.25) is 0 Å². The lowest BCUT2D eigenvalue weighted by Gasteiger charge is -2.37. The Hall–Kier alpha value is -2.94. The number of pyridine rings is 1. The van der Waals surface area contributed by atoms with Gasteiger partial charge in [0.2, 0.25) is 11.8 Å². The average molecular weight is 486 g/mol. The van der Waals surface area contributed by atoms with Crippen LogP contribution in [-0.2, 0) is 14.3 Å². The minimum absolute atomic E-state index is 0.0270. The Morgan fingerprint density at radius 3 is 2.91 bits per heavy atom. The van der Waals surface area contributed by atoms with Gasteiger partial charge in [0, 0.05) is 44.7 Å². The maximum Gasteiger partial charge on any atom is 0.237 e. The Morgan fingerprint density at radius 2 is 2.18 bits per heavy atom. The molecule has 0 saturated carbocycles. The number of nitrogens with one attached hydrogen (secondary N) is 4. The molecule has 0 spiro atoms. The fourth-order valence-electron chi connectivity index (χ4n) is 4.68. The zero-order valence-electron chi connectivity index (χ0n) is 19.1. The van der Waals surface area contributed by atoms with Gasteiger partial charge in [-0.1, -0.05) is 5.92 Å². The zero-order valence-corrected chi connectivity index (χ0v) is 19.9. The summed E-state index contributed by atoms with van der Waals surface area (Å²) in [6.07, 6.45) is 8.64. The highest BCUT2D eigenvalue weighted by Gasteiger charge is 2.43. The summed E-state index contributed by atoms with van der Waals surface area (Å²) in [5.74, 6) is 3.28. The van der Waals surface area contributed by atoms with Gasteiger partial charge >= 0.3 is 0 Å². The lowest BCUT2D eigenvalue weighted by Crippen LogP contribution is -2.58. The Kier molecular flexibility index (Phi) is 8.16. The predicted molar refractivity (Wildman–Crippen MR) is 133 cm³/mol. The normalized spacial score (nSPS) is 24.5. The molecule has 0 radical (unpaired) electrons. The molecule has 3 aliphatic rings. The van der Waals surface area contributed by atoms with Crippen LogP contribution in [0, 0.1) is 12.3 Å². The molecule has 1 aromatic rings. The largest absolute Gasteiger partial charge is 0.378 e. The maximum atomic E-state index is 12.4. The molecular formula is C23H31N7O3S. The second-order valence-electron chi connectivity index (χ2n) is 8.67. The highest BCUT2D eigenvalue weighted by molar-refractivity contribution is 7.80. The summed E-state index contributed by atoms with van der Waals surface area (Å²) >= 11 is 5.52. The number of morpholine rings is 1. The van der Waals surface area contributed by atoms with Gasteiger partial charge in [-0.25, -0.2) is 4.98 Å². The van der Waals surface area contributed by atoms with Gasteiger partial charge in [0.05, 0.1) is 37.7 Å². The molecule has 182 valence electrons. The number of hydrogen-bond acceptors (Lipinski definition) is 7. The van der Waals surface area contributed by atoms with E-state index in [2.05, 4.69) is 42.0 Å². The van der Waals surface area contributed by atoms with E-state index < -0.39 is 0 Å². The van der Waals surface area contributed by atoms with Gasteiger partial charge in [-0.3, -0.25) is 14.5 Å². The third kappa shape index (κ3) is 6.14. The molecule has 3 atom stereocenters. The molecule has 10 nitrogen and oxygen atoms in total. The molecule has 2 amide bonds. The van der Waals surface area contributed by atoms with Crippen LogP contribution in [0.25, 0.3) is 0 Å². The molecular weight excluding hydrogens is 454 g/mol. The highest BCUT2D eigenvalue weighted by atomic mass is 32.1. The van der Waals surface area contributed by atoms with E-state index in [4.69, 9.17) is 23.4 Å². The Labute approximate surface area is 205 Å². The molecule has 11 heteroatoms. The molecule has 3 unspecified atom stereocenters. The van der Waals surface area contributed by atoms with Gasteiger partial charge in [-0.2, -0.15) is 0 Å². The van der Waals surface area contributed by atoms with Crippen molar-refractivity contribution in [3.8, 4) is 12.3 Å². The number of thiocarbonyl (C=S) groups is 1. The van der Waals surface area contributed by atoms with Gasteiger partial charge in [-0.15, -0.1) is 6.42 Å². The molecule has 0 aliphatic carbocycles. The van der Waals surface area contributed by atoms with Crippen molar-refractivity contribution in [1.82, 2.24) is 25.8 Å². The second kappa shape index (κ2) is 11.5. The fourth-order valence-corrected chi connectivity index (χ4v) is 4.96. The van der Waals surface area contributed by atoms with Gasteiger partial charge in [-0.05, 0) is 37.2 Å². The first-order valence-corrected chi connectivity index (χ1v) is 12.0. The minimum Gasteiger partial charge on any atom is -0.378 e. The number of ether oxygens (including phenoxy) is 1. The monoisotopic (exact) mass is 485 g/mol. The molecule has 34 heavy (non-hydrogen) atoms. The van der Waals surface area contributed by atoms with Crippen molar-refractivity contribution >= 4 is 40.6 Å². The quantitative estimate of drug-likeness (QED) is 0.305. The van der Waals surface area contributed by atoms with E-state index >= 15 is 0 Å². The summed E-state index contributed by atoms with van der Waals surface area (Å²) in [6.45, 7) is 4.56. The fraction of sp³-hybridized carbons (Fsp3) is 0.565. The van der Waals surface area contributed by atoms with E-state index in [0.29, 0.717) is 50.7 Å². The summed E-state index contributed by atoms with van der Waals surface area (Å²) in [5.41, 5.74) is 0.804. The topological polar surface area (TPSA) is 111 Å². The summed E-state index contributed by atoms with van der Waals surface area (Å²) in [7, 11) is 0. The standard InChI is InChI=1S/C23H31N7O3S/c1-2-7-24-21(31)6-4-18-14-26-22(32)19-12-17(15-30(18)19)28-23(34)27-16-3-5-20(25-13-16)29-8-10-33-11-9-29/h1,3,5,13,17-19H,4,6-12,14-15H2,(H,24,31)(H,26,32)(H2,27,28,34). The van der Waals surface area contributed by atoms with Crippen molar-refractivity contribution in [1.29, 1.82) is 0 Å². The third-order valence-corrected chi connectivity index (χ3v) is 6.61. The maximum absolute atomic E-state index is 12.4. The number of rotatable bonds is 7. The number of nitrogens with zero attached hydrogens (tertiary/aromatic N) is 3. The first kappa shape index (κ1) is 24.2. The van der Waals surface area contributed by atoms with E-state index in [-0.39, 0.29) is 36.5 Å². The van der Waals surface area contributed by atoms with E-state index in [1.54, 1.807) is 6.20 Å². The van der Waals surface area contributed by atoms with Gasteiger partial charge < -0.3 is 30.9 Å². The molecule has 3 fully saturated rings. The van der Waals surface area contributed by atoms with Gasteiger partial charge in [0.25, 0.3) is 0 Å². The minimum atomic E-state index is -0.220. The molecule has 0 aromatic carbocycles. The number of aromatic nitrogens is 1. The van der Waals surface area contributed by atoms with E-state index in [9.17, 15) is 9.59 Å². The SMILES string of the molecule is C#CCNC(=O)CCC1CNC(=O)C2CC(NC(=S)Nc3ccc(N4CCOCC4)nc3)CN12. The molecule has 0 bridgehead atoms. The van der Waals surface area contributed by atoms with Crippen LogP contribution >= 0.6 is 12.2 Å². The van der Waals surface area contributed by atoms with Crippen LogP contribution < -0.4 is 26.2 Å². The molecule has 1 aromatic heterocycles. The second-order valence-corrected chi connectivity index (χ2v) is 9.07. The van der Waals surface area contributed by atoms with Gasteiger partial charge in [0.15, 0.2) is 5.11 Å². The Balaban J connectivity index is 1.27. The predicted octanol–water partition coefficient (Wildman–Crippen LogP) is -0.324. The summed E-state index contributed by atoms with van der Waals surface area (Å²) in [4.78, 5) is 33.3. The van der Waals surface area contributed by atoms with Crippen molar-refractivity contribution in [3.63, 3.8) is 0 Å². The number of fused-ring (bicyclic) bond motifs is 1. The van der Waals surface area contributed by atoms with Crippen LogP contribution in [-0.4, -0.2) is 90.9 Å². The van der Waals surface area contributed by atoms with Crippen LogP contribution in [0.15, 0.2) is 18.3 Å². The number of carbonyl (C=O) groups excluding carboxylic acids is 2. The number of piperazine rings is 1. The molecule has 4 rings (SSSR count).